The van der Waals surface area contributed by atoms with Crippen molar-refractivity contribution in [2.75, 3.05) is 6.61 Å². The summed E-state index contributed by atoms with van der Waals surface area (Å²) in [5.41, 5.74) is 0. The summed E-state index contributed by atoms with van der Waals surface area (Å²) in [5, 5.41) is 8.56. The van der Waals surface area contributed by atoms with Crippen LogP contribution in [-0.2, 0) is 0 Å². The quantitative estimate of drug-likeness (QED) is 0.540. The molecule has 0 aromatic heterocycles. The molecule has 46 valence electrons. The summed E-state index contributed by atoms with van der Waals surface area (Å²) in [6.45, 7) is 2.25. The van der Waals surface area contributed by atoms with Gasteiger partial charge in [0, 0.05) is 13.0 Å². The Morgan fingerprint density at radius 1 is 1.75 bits per heavy atom. The number of aliphatic hydroxyl groups excluding tert-OH is 1. The van der Waals surface area contributed by atoms with E-state index in [1.165, 1.54) is 0 Å². The van der Waals surface area contributed by atoms with Crippen LogP contribution in [0.3, 0.4) is 0 Å². The topological polar surface area (TPSA) is 20.2 Å². The molecule has 1 heteroatoms. The summed E-state index contributed by atoms with van der Waals surface area (Å²) in [5.74, 6) is 2.83. The van der Waals surface area contributed by atoms with Crippen molar-refractivity contribution in [3.8, 4) is 12.3 Å². The normalized spacial score (nSPS) is 12.6. The van der Waals surface area contributed by atoms with Gasteiger partial charge in [0.2, 0.25) is 0 Å². The first-order valence-electron chi connectivity index (χ1n) is 2.89. The molecular formula is C7H12O. The van der Waals surface area contributed by atoms with Crippen LogP contribution >= 0.6 is 0 Å². The van der Waals surface area contributed by atoms with Crippen LogP contribution in [0.1, 0.15) is 19.8 Å². The molecule has 0 saturated heterocycles. The van der Waals surface area contributed by atoms with E-state index >= 15 is 0 Å². The average Bonchev–Trinajstić information content (AvgIpc) is 1.83. The maximum Gasteiger partial charge on any atom is 0.0468 e. The van der Waals surface area contributed by atoms with E-state index in [1.807, 2.05) is 6.92 Å². The van der Waals surface area contributed by atoms with Crippen LogP contribution in [0, 0.1) is 18.3 Å². The van der Waals surface area contributed by atoms with Gasteiger partial charge in [0.05, 0.1) is 0 Å². The molecule has 0 aliphatic carbocycles. The van der Waals surface area contributed by atoms with Crippen molar-refractivity contribution in [1.82, 2.24) is 0 Å². The van der Waals surface area contributed by atoms with Crippen LogP contribution in [-0.4, -0.2) is 11.7 Å². The minimum absolute atomic E-state index is 0.223. The lowest BCUT2D eigenvalue weighted by Crippen LogP contribution is -2.02. The second-order valence-electron chi connectivity index (χ2n) is 1.87. The fraction of sp³-hybridized carbons (Fsp3) is 0.714. The van der Waals surface area contributed by atoms with E-state index < -0.39 is 0 Å². The third-order valence-electron chi connectivity index (χ3n) is 1.24. The highest BCUT2D eigenvalue weighted by atomic mass is 16.3. The van der Waals surface area contributed by atoms with Crippen molar-refractivity contribution in [1.29, 1.82) is 0 Å². The zero-order valence-electron chi connectivity index (χ0n) is 5.22. The van der Waals surface area contributed by atoms with Gasteiger partial charge in [-0.1, -0.05) is 13.3 Å². The van der Waals surface area contributed by atoms with Crippen molar-refractivity contribution >= 4 is 0 Å². The molecule has 0 aromatic rings. The zero-order valence-corrected chi connectivity index (χ0v) is 5.22. The SMILES string of the molecule is C#CCC(CC)CO. The number of rotatable bonds is 3. The fourth-order valence-electron chi connectivity index (χ4n) is 0.505. The number of terminal acetylenes is 1. The second-order valence-corrected chi connectivity index (χ2v) is 1.87. The molecule has 0 rings (SSSR count). The van der Waals surface area contributed by atoms with Gasteiger partial charge in [0.15, 0.2) is 0 Å². The van der Waals surface area contributed by atoms with Crippen molar-refractivity contribution < 1.29 is 5.11 Å². The Kier molecular flexibility index (Phi) is 4.39. The first-order valence-corrected chi connectivity index (χ1v) is 2.89. The van der Waals surface area contributed by atoms with E-state index in [9.17, 15) is 0 Å². The molecular weight excluding hydrogens is 100 g/mol. The maximum atomic E-state index is 8.56. The van der Waals surface area contributed by atoms with Gasteiger partial charge in [-0.15, -0.1) is 12.3 Å². The van der Waals surface area contributed by atoms with Crippen LogP contribution in [0.25, 0.3) is 0 Å². The Labute approximate surface area is 50.7 Å². The Hall–Kier alpha value is -0.480. The van der Waals surface area contributed by atoms with Crippen LogP contribution in [0.4, 0.5) is 0 Å². The molecule has 0 saturated carbocycles. The second kappa shape index (κ2) is 4.67. The molecule has 0 heterocycles. The summed E-state index contributed by atoms with van der Waals surface area (Å²) < 4.78 is 0. The van der Waals surface area contributed by atoms with Gasteiger partial charge in [-0.25, -0.2) is 0 Å². The molecule has 1 unspecified atom stereocenters. The fourth-order valence-corrected chi connectivity index (χ4v) is 0.505. The van der Waals surface area contributed by atoms with E-state index in [1.54, 1.807) is 0 Å². The minimum atomic E-state index is 0.223. The van der Waals surface area contributed by atoms with E-state index in [0.29, 0.717) is 12.3 Å². The molecule has 8 heavy (non-hydrogen) atoms. The van der Waals surface area contributed by atoms with Gasteiger partial charge in [0.25, 0.3) is 0 Å². The molecule has 1 nitrogen and oxygen atoms in total. The Morgan fingerprint density at radius 3 is 2.50 bits per heavy atom. The molecule has 0 aliphatic heterocycles. The third-order valence-corrected chi connectivity index (χ3v) is 1.24. The van der Waals surface area contributed by atoms with Gasteiger partial charge in [0.1, 0.15) is 0 Å². The Balaban J connectivity index is 3.25. The highest BCUT2D eigenvalue weighted by molar-refractivity contribution is 4.86. The highest BCUT2D eigenvalue weighted by Crippen LogP contribution is 2.03. The summed E-state index contributed by atoms with van der Waals surface area (Å²) in [6, 6.07) is 0. The van der Waals surface area contributed by atoms with Crippen molar-refractivity contribution in [2.24, 2.45) is 5.92 Å². The van der Waals surface area contributed by atoms with Crippen molar-refractivity contribution in [2.45, 2.75) is 19.8 Å². The lowest BCUT2D eigenvalue weighted by Gasteiger charge is -2.04. The third kappa shape index (κ3) is 2.65. The van der Waals surface area contributed by atoms with Crippen molar-refractivity contribution in [3.63, 3.8) is 0 Å². The van der Waals surface area contributed by atoms with E-state index in [-0.39, 0.29) is 6.61 Å². The van der Waals surface area contributed by atoms with E-state index in [4.69, 9.17) is 11.5 Å². The van der Waals surface area contributed by atoms with Gasteiger partial charge in [-0.05, 0) is 5.92 Å². The molecule has 0 aromatic carbocycles. The predicted octanol–water partition coefficient (Wildman–Crippen LogP) is 1.03. The Bertz CT molecular complexity index is 76.9. The van der Waals surface area contributed by atoms with Crippen LogP contribution in [0.2, 0.25) is 0 Å². The van der Waals surface area contributed by atoms with Gasteiger partial charge in [-0.3, -0.25) is 0 Å². The van der Waals surface area contributed by atoms with Crippen LogP contribution in [0.15, 0.2) is 0 Å². The number of hydrogen-bond acceptors (Lipinski definition) is 1. The smallest absolute Gasteiger partial charge is 0.0468 e. The zero-order chi connectivity index (χ0) is 6.41. The molecule has 0 bridgehead atoms. The number of aliphatic hydroxyl groups is 1. The average molecular weight is 112 g/mol. The summed E-state index contributed by atoms with van der Waals surface area (Å²) in [6.07, 6.45) is 6.69. The van der Waals surface area contributed by atoms with E-state index in [2.05, 4.69) is 5.92 Å². The molecule has 1 N–H and O–H groups in total. The predicted molar refractivity (Wildman–Crippen MR) is 34.3 cm³/mol. The van der Waals surface area contributed by atoms with Gasteiger partial charge >= 0.3 is 0 Å². The lowest BCUT2D eigenvalue weighted by molar-refractivity contribution is 0.225. The molecule has 0 fully saturated rings. The van der Waals surface area contributed by atoms with Crippen molar-refractivity contribution in [3.05, 3.63) is 0 Å². The standard InChI is InChI=1S/C7H12O/c1-3-5-7(4-2)6-8/h1,7-8H,4-6H2,2H3. The highest BCUT2D eigenvalue weighted by Gasteiger charge is 1.99. The van der Waals surface area contributed by atoms with Gasteiger partial charge < -0.3 is 5.11 Å². The molecule has 1 atom stereocenters. The Morgan fingerprint density at radius 2 is 2.38 bits per heavy atom. The molecule has 0 radical (unpaired) electrons. The van der Waals surface area contributed by atoms with E-state index in [0.717, 1.165) is 6.42 Å². The monoisotopic (exact) mass is 112 g/mol. The number of hydrogen-bond donors (Lipinski definition) is 1. The molecule has 0 spiro atoms. The first-order chi connectivity index (χ1) is 3.85. The molecule has 0 aliphatic rings. The lowest BCUT2D eigenvalue weighted by atomic mass is 10.1. The summed E-state index contributed by atoms with van der Waals surface area (Å²) in [7, 11) is 0. The summed E-state index contributed by atoms with van der Waals surface area (Å²) in [4.78, 5) is 0. The summed E-state index contributed by atoms with van der Waals surface area (Å²) >= 11 is 0. The van der Waals surface area contributed by atoms with Crippen LogP contribution in [0.5, 0.6) is 0 Å². The largest absolute Gasteiger partial charge is 0.396 e. The van der Waals surface area contributed by atoms with Crippen LogP contribution < -0.4 is 0 Å². The molecule has 0 amide bonds. The minimum Gasteiger partial charge on any atom is -0.396 e. The van der Waals surface area contributed by atoms with Gasteiger partial charge in [-0.2, -0.15) is 0 Å². The maximum absolute atomic E-state index is 8.56. The first kappa shape index (κ1) is 7.52.